The lowest BCUT2D eigenvalue weighted by molar-refractivity contribution is 0.196. The Bertz CT molecular complexity index is 1410. The Hall–Kier alpha value is -3.57. The number of aliphatic hydroxyl groups is 1. The van der Waals surface area contributed by atoms with Gasteiger partial charge >= 0.3 is 0 Å². The Balaban J connectivity index is 1.49. The van der Waals surface area contributed by atoms with Crippen LogP contribution in [0, 0.1) is 5.82 Å². The molecule has 0 spiro atoms. The van der Waals surface area contributed by atoms with E-state index in [2.05, 4.69) is 44.7 Å². The zero-order valence-electron chi connectivity index (χ0n) is 22.7. The zero-order valence-corrected chi connectivity index (χ0v) is 23.4. The molecule has 0 saturated heterocycles. The molecule has 0 fully saturated rings. The smallest absolute Gasteiger partial charge is 0.257 e. The van der Waals surface area contributed by atoms with E-state index in [0.29, 0.717) is 17.3 Å². The number of fused-ring (bicyclic) bond motifs is 1. The minimum atomic E-state index is -0.477. The van der Waals surface area contributed by atoms with Gasteiger partial charge in [-0.15, -0.1) is 10.2 Å². The Morgan fingerprint density at radius 2 is 1.85 bits per heavy atom. The van der Waals surface area contributed by atoms with E-state index in [9.17, 15) is 9.50 Å². The van der Waals surface area contributed by atoms with Gasteiger partial charge in [0.2, 0.25) is 0 Å². The average Bonchev–Trinajstić information content (AvgIpc) is 2.95. The molecule has 4 aromatic rings. The lowest BCUT2D eigenvalue weighted by Gasteiger charge is -2.16. The number of aromatic nitrogens is 3. The van der Waals surface area contributed by atoms with Gasteiger partial charge in [-0.3, -0.25) is 4.98 Å². The van der Waals surface area contributed by atoms with Crippen molar-refractivity contribution in [2.45, 2.75) is 13.3 Å². The summed E-state index contributed by atoms with van der Waals surface area (Å²) < 4.78 is 26.0. The lowest BCUT2D eigenvalue weighted by atomic mass is 10.1. The van der Waals surface area contributed by atoms with Crippen molar-refractivity contribution >= 4 is 33.9 Å². The molecule has 2 aromatic heterocycles. The Kier molecular flexibility index (Phi) is 10.8. The van der Waals surface area contributed by atoms with Crippen LogP contribution in [0.3, 0.4) is 0 Å². The highest BCUT2D eigenvalue weighted by Crippen LogP contribution is 2.34. The molecule has 0 aliphatic carbocycles. The molecule has 0 radical (unpaired) electrons. The van der Waals surface area contributed by atoms with Gasteiger partial charge in [-0.05, 0) is 62.5 Å². The van der Waals surface area contributed by atoms with Gasteiger partial charge < -0.3 is 30.1 Å². The van der Waals surface area contributed by atoms with Crippen LogP contribution in [0.15, 0.2) is 54.7 Å². The van der Waals surface area contributed by atoms with Crippen LogP contribution in [0.4, 0.5) is 15.8 Å². The number of halogens is 2. The van der Waals surface area contributed by atoms with Crippen molar-refractivity contribution < 1.29 is 19.0 Å². The van der Waals surface area contributed by atoms with E-state index in [4.69, 9.17) is 21.1 Å². The molecule has 0 saturated carbocycles. The molecular weight excluding hydrogens is 535 g/mol. The van der Waals surface area contributed by atoms with Gasteiger partial charge in [-0.2, -0.15) is 0 Å². The number of nitrogens with one attached hydrogen (secondary N) is 2. The summed E-state index contributed by atoms with van der Waals surface area (Å²) in [4.78, 5) is 6.80. The van der Waals surface area contributed by atoms with Crippen molar-refractivity contribution in [3.05, 3.63) is 65.6 Å². The molecule has 3 N–H and O–H groups in total. The van der Waals surface area contributed by atoms with Gasteiger partial charge in [0, 0.05) is 53.6 Å². The summed E-state index contributed by atoms with van der Waals surface area (Å²) in [6.45, 7) is 6.29. The van der Waals surface area contributed by atoms with Crippen molar-refractivity contribution in [1.29, 1.82) is 0 Å². The predicted molar refractivity (Wildman–Crippen MR) is 156 cm³/mol. The van der Waals surface area contributed by atoms with Crippen LogP contribution < -0.4 is 20.1 Å². The fraction of sp³-hybridized carbons (Fsp3) is 0.345. The van der Waals surface area contributed by atoms with Gasteiger partial charge in [-0.1, -0.05) is 18.5 Å². The topological polar surface area (TPSA) is 105 Å². The molecule has 0 aliphatic heterocycles. The molecule has 40 heavy (non-hydrogen) atoms. The molecule has 2 heterocycles. The van der Waals surface area contributed by atoms with E-state index < -0.39 is 5.82 Å². The number of benzene rings is 2. The zero-order chi connectivity index (χ0) is 28.3. The molecule has 9 nitrogen and oxygen atoms in total. The monoisotopic (exact) mass is 568 g/mol. The van der Waals surface area contributed by atoms with Crippen molar-refractivity contribution in [2.75, 3.05) is 58.4 Å². The molecule has 4 rings (SSSR count). The highest BCUT2D eigenvalue weighted by Gasteiger charge is 2.15. The summed E-state index contributed by atoms with van der Waals surface area (Å²) in [6.07, 6.45) is 2.83. The summed E-state index contributed by atoms with van der Waals surface area (Å²) in [5.74, 6) is 0.409. The Labute approximate surface area is 238 Å². The molecular formula is C29H34ClFN6O3. The summed E-state index contributed by atoms with van der Waals surface area (Å²) in [6, 6.07) is 13.4. The van der Waals surface area contributed by atoms with Crippen LogP contribution in [0.1, 0.15) is 13.3 Å². The van der Waals surface area contributed by atoms with E-state index in [1.807, 2.05) is 24.3 Å². The number of rotatable bonds is 15. The fourth-order valence-electron chi connectivity index (χ4n) is 4.15. The Morgan fingerprint density at radius 1 is 0.975 bits per heavy atom. The SMILES string of the molecule is CCCN(C)CCNCCOc1ccc2c(Nc3cc(-c4cc(Cl)ccc4F)nnc3OCCO)ccnc2c1. The van der Waals surface area contributed by atoms with Crippen LogP contribution in [-0.2, 0) is 0 Å². The van der Waals surface area contributed by atoms with E-state index in [1.165, 1.54) is 18.2 Å². The number of hydrogen-bond acceptors (Lipinski definition) is 9. The number of nitrogens with zero attached hydrogens (tertiary/aromatic N) is 4. The summed E-state index contributed by atoms with van der Waals surface area (Å²) in [7, 11) is 2.12. The molecule has 11 heteroatoms. The van der Waals surface area contributed by atoms with Crippen molar-refractivity contribution in [2.24, 2.45) is 0 Å². The first kappa shape index (κ1) is 29.4. The maximum atomic E-state index is 14.5. The van der Waals surface area contributed by atoms with Crippen LogP contribution in [-0.4, -0.2) is 78.2 Å². The first-order valence-corrected chi connectivity index (χ1v) is 13.6. The van der Waals surface area contributed by atoms with E-state index in [-0.39, 0.29) is 30.4 Å². The van der Waals surface area contributed by atoms with E-state index in [1.54, 1.807) is 12.3 Å². The third-order valence-corrected chi connectivity index (χ3v) is 6.34. The van der Waals surface area contributed by atoms with Crippen molar-refractivity contribution in [3.63, 3.8) is 0 Å². The number of hydrogen-bond donors (Lipinski definition) is 3. The number of pyridine rings is 1. The second kappa shape index (κ2) is 14.7. The molecule has 0 aliphatic rings. The number of anilines is 2. The highest BCUT2D eigenvalue weighted by molar-refractivity contribution is 6.30. The number of likely N-dealkylation sites (N-methyl/N-ethyl adjacent to an activating group) is 1. The lowest BCUT2D eigenvalue weighted by Crippen LogP contribution is -2.31. The third kappa shape index (κ3) is 7.98. The molecule has 0 bridgehead atoms. The van der Waals surface area contributed by atoms with Crippen molar-refractivity contribution in [1.82, 2.24) is 25.4 Å². The largest absolute Gasteiger partial charge is 0.492 e. The maximum Gasteiger partial charge on any atom is 0.257 e. The molecule has 2 aromatic carbocycles. The van der Waals surface area contributed by atoms with E-state index in [0.717, 1.165) is 54.9 Å². The van der Waals surface area contributed by atoms with Crippen LogP contribution in [0.5, 0.6) is 11.6 Å². The summed E-state index contributed by atoms with van der Waals surface area (Å²) in [5, 5.41) is 25.4. The minimum absolute atomic E-state index is 0.0241. The quantitative estimate of drug-likeness (QED) is 0.173. The molecule has 0 unspecified atom stereocenters. The van der Waals surface area contributed by atoms with Crippen LogP contribution in [0.2, 0.25) is 5.02 Å². The molecule has 212 valence electrons. The van der Waals surface area contributed by atoms with Gasteiger partial charge in [-0.25, -0.2) is 4.39 Å². The van der Waals surface area contributed by atoms with Gasteiger partial charge in [0.05, 0.1) is 17.8 Å². The fourth-order valence-corrected chi connectivity index (χ4v) is 4.32. The number of aliphatic hydroxyl groups excluding tert-OH is 1. The van der Waals surface area contributed by atoms with Gasteiger partial charge in [0.15, 0.2) is 0 Å². The first-order valence-electron chi connectivity index (χ1n) is 13.2. The van der Waals surface area contributed by atoms with Gasteiger partial charge in [0.25, 0.3) is 5.88 Å². The second-order valence-electron chi connectivity index (χ2n) is 9.21. The van der Waals surface area contributed by atoms with E-state index >= 15 is 0 Å². The first-order chi connectivity index (χ1) is 19.5. The van der Waals surface area contributed by atoms with Crippen LogP contribution >= 0.6 is 11.6 Å². The van der Waals surface area contributed by atoms with Crippen LogP contribution in [0.25, 0.3) is 22.2 Å². The third-order valence-electron chi connectivity index (χ3n) is 6.10. The molecule has 0 atom stereocenters. The average molecular weight is 569 g/mol. The normalized spacial score (nSPS) is 11.2. The maximum absolute atomic E-state index is 14.5. The minimum Gasteiger partial charge on any atom is -0.492 e. The summed E-state index contributed by atoms with van der Waals surface area (Å²) >= 11 is 6.08. The Morgan fingerprint density at radius 3 is 2.67 bits per heavy atom. The second-order valence-corrected chi connectivity index (χ2v) is 9.65. The standard InChI is InChI=1S/C29H34ClFN6O3/c1-3-12-37(2)13-10-32-11-15-39-21-5-6-22-25(8-9-33-26(22)18-21)34-28-19-27(35-36-29(28)40-16-14-38)23-17-20(30)4-7-24(23)31/h4-9,17-19,32,38H,3,10-16H2,1-2H3,(H,33,34,35). The molecule has 0 amide bonds. The van der Waals surface area contributed by atoms with Gasteiger partial charge in [0.1, 0.15) is 30.5 Å². The predicted octanol–water partition coefficient (Wildman–Crippen LogP) is 4.91. The summed E-state index contributed by atoms with van der Waals surface area (Å²) in [5.41, 5.74) is 2.40. The number of ether oxygens (including phenoxy) is 2. The van der Waals surface area contributed by atoms with Crippen molar-refractivity contribution in [3.8, 4) is 22.9 Å². The highest BCUT2D eigenvalue weighted by atomic mass is 35.5.